The van der Waals surface area contributed by atoms with E-state index in [0.29, 0.717) is 24.4 Å². The van der Waals surface area contributed by atoms with Gasteiger partial charge in [-0.25, -0.2) is 0 Å². The number of hydrogen-bond acceptors (Lipinski definition) is 5. The van der Waals surface area contributed by atoms with Crippen LogP contribution in [0.4, 0.5) is 0 Å². The lowest BCUT2D eigenvalue weighted by atomic mass is 9.81. The number of aromatic nitrogens is 2. The zero-order chi connectivity index (χ0) is 11.5. The molecule has 0 radical (unpaired) electrons. The molecule has 0 aromatic carbocycles. The van der Waals surface area contributed by atoms with Gasteiger partial charge in [0, 0.05) is 18.0 Å². The summed E-state index contributed by atoms with van der Waals surface area (Å²) < 4.78 is 10.3. The van der Waals surface area contributed by atoms with Crippen molar-refractivity contribution in [1.29, 1.82) is 0 Å². The van der Waals surface area contributed by atoms with Gasteiger partial charge in [-0.2, -0.15) is 9.97 Å². The lowest BCUT2D eigenvalue weighted by molar-refractivity contribution is 0.335. The molecule has 1 aliphatic carbocycles. The van der Waals surface area contributed by atoms with Gasteiger partial charge in [0.15, 0.2) is 0 Å². The maximum absolute atomic E-state index is 5.73. The Bertz CT molecular complexity index is 378. The Morgan fingerprint density at radius 2 is 2.00 bits per heavy atom. The van der Waals surface area contributed by atoms with E-state index in [4.69, 9.17) is 15.2 Å². The van der Waals surface area contributed by atoms with Gasteiger partial charge in [-0.1, -0.05) is 6.42 Å². The molecule has 0 spiro atoms. The van der Waals surface area contributed by atoms with Gasteiger partial charge in [0.1, 0.15) is 0 Å². The molecule has 5 heteroatoms. The summed E-state index contributed by atoms with van der Waals surface area (Å²) in [5.74, 6) is 1.03. The minimum absolute atomic E-state index is 0.357. The molecule has 0 aliphatic heterocycles. The maximum atomic E-state index is 5.73. The molecule has 2 N–H and O–H groups in total. The average molecular weight is 223 g/mol. The summed E-state index contributed by atoms with van der Waals surface area (Å²) >= 11 is 0. The molecule has 0 atom stereocenters. The van der Waals surface area contributed by atoms with Crippen LogP contribution in [0.25, 0.3) is 0 Å². The van der Waals surface area contributed by atoms with E-state index in [2.05, 4.69) is 9.97 Å². The van der Waals surface area contributed by atoms with Crippen molar-refractivity contribution in [3.63, 3.8) is 0 Å². The van der Waals surface area contributed by atoms with Crippen LogP contribution in [0.2, 0.25) is 0 Å². The fourth-order valence-corrected chi connectivity index (χ4v) is 1.93. The Labute approximate surface area is 95.0 Å². The lowest BCUT2D eigenvalue weighted by Crippen LogP contribution is -2.17. The Kier molecular flexibility index (Phi) is 3.24. The Balaban J connectivity index is 2.45. The van der Waals surface area contributed by atoms with Crippen LogP contribution >= 0.6 is 0 Å². The van der Waals surface area contributed by atoms with E-state index in [1.807, 2.05) is 0 Å². The van der Waals surface area contributed by atoms with Crippen molar-refractivity contribution in [3.05, 3.63) is 11.3 Å². The van der Waals surface area contributed by atoms with E-state index >= 15 is 0 Å². The third-order valence-electron chi connectivity index (χ3n) is 3.05. The van der Waals surface area contributed by atoms with Gasteiger partial charge in [0.2, 0.25) is 5.88 Å². The van der Waals surface area contributed by atoms with Crippen molar-refractivity contribution < 1.29 is 9.47 Å². The largest absolute Gasteiger partial charge is 0.481 e. The highest BCUT2D eigenvalue weighted by Crippen LogP contribution is 2.39. The van der Waals surface area contributed by atoms with Crippen molar-refractivity contribution in [2.75, 3.05) is 14.2 Å². The minimum atomic E-state index is 0.357. The highest BCUT2D eigenvalue weighted by atomic mass is 16.5. The topological polar surface area (TPSA) is 70.3 Å². The standard InChI is InChI=1S/C11H17N3O2/c1-15-10-8(6-12)9(7-4-3-5-7)13-11(14-10)16-2/h7H,3-6,12H2,1-2H3. The molecule has 1 saturated carbocycles. The van der Waals surface area contributed by atoms with Crippen molar-refractivity contribution in [1.82, 2.24) is 9.97 Å². The summed E-state index contributed by atoms with van der Waals surface area (Å²) in [6.07, 6.45) is 3.58. The van der Waals surface area contributed by atoms with Gasteiger partial charge >= 0.3 is 6.01 Å². The van der Waals surface area contributed by atoms with Crippen LogP contribution in [0.15, 0.2) is 0 Å². The van der Waals surface area contributed by atoms with Crippen molar-refractivity contribution >= 4 is 0 Å². The lowest BCUT2D eigenvalue weighted by Gasteiger charge is -2.27. The fourth-order valence-electron chi connectivity index (χ4n) is 1.93. The van der Waals surface area contributed by atoms with E-state index in [1.54, 1.807) is 14.2 Å². The second-order valence-corrected chi connectivity index (χ2v) is 3.92. The van der Waals surface area contributed by atoms with Crippen LogP contribution in [0.1, 0.15) is 36.4 Å². The highest BCUT2D eigenvalue weighted by Gasteiger charge is 2.26. The highest BCUT2D eigenvalue weighted by molar-refractivity contribution is 5.35. The molecule has 0 saturated heterocycles. The van der Waals surface area contributed by atoms with E-state index in [0.717, 1.165) is 24.1 Å². The molecule has 2 rings (SSSR count). The molecule has 1 fully saturated rings. The van der Waals surface area contributed by atoms with E-state index < -0.39 is 0 Å². The normalized spacial score (nSPS) is 15.7. The molecular formula is C11H17N3O2. The number of methoxy groups -OCH3 is 2. The monoisotopic (exact) mass is 223 g/mol. The Morgan fingerprint density at radius 1 is 1.25 bits per heavy atom. The third kappa shape index (κ3) is 1.82. The number of nitrogens with zero attached hydrogens (tertiary/aromatic N) is 2. The number of nitrogens with two attached hydrogens (primary N) is 1. The molecule has 0 amide bonds. The van der Waals surface area contributed by atoms with E-state index in [1.165, 1.54) is 6.42 Å². The molecule has 1 heterocycles. The van der Waals surface area contributed by atoms with Crippen LogP contribution in [0, 0.1) is 0 Å². The zero-order valence-electron chi connectivity index (χ0n) is 9.69. The van der Waals surface area contributed by atoms with Crippen LogP contribution in [-0.4, -0.2) is 24.2 Å². The van der Waals surface area contributed by atoms with Gasteiger partial charge in [-0.15, -0.1) is 0 Å². The Morgan fingerprint density at radius 3 is 2.44 bits per heavy atom. The molecule has 1 aromatic rings. The van der Waals surface area contributed by atoms with Gasteiger partial charge in [-0.3, -0.25) is 0 Å². The summed E-state index contributed by atoms with van der Waals surface area (Å²) in [4.78, 5) is 8.55. The van der Waals surface area contributed by atoms with Crippen LogP contribution in [0.5, 0.6) is 11.9 Å². The molecule has 16 heavy (non-hydrogen) atoms. The predicted octanol–water partition coefficient (Wildman–Crippen LogP) is 1.22. The van der Waals surface area contributed by atoms with Gasteiger partial charge in [-0.05, 0) is 12.8 Å². The minimum Gasteiger partial charge on any atom is -0.481 e. The van der Waals surface area contributed by atoms with Crippen LogP contribution in [0.3, 0.4) is 0 Å². The summed E-state index contributed by atoms with van der Waals surface area (Å²) in [5.41, 5.74) is 7.64. The average Bonchev–Trinajstić information content (AvgIpc) is 2.25. The van der Waals surface area contributed by atoms with Gasteiger partial charge in [0.25, 0.3) is 0 Å². The quantitative estimate of drug-likeness (QED) is 0.831. The second kappa shape index (κ2) is 4.65. The zero-order valence-corrected chi connectivity index (χ0v) is 9.69. The van der Waals surface area contributed by atoms with Crippen molar-refractivity contribution in [2.45, 2.75) is 31.7 Å². The molecule has 1 aromatic heterocycles. The van der Waals surface area contributed by atoms with Crippen LogP contribution < -0.4 is 15.2 Å². The fraction of sp³-hybridized carbons (Fsp3) is 0.636. The molecule has 0 unspecified atom stereocenters. The number of hydrogen-bond donors (Lipinski definition) is 1. The molecule has 1 aliphatic rings. The number of rotatable bonds is 4. The van der Waals surface area contributed by atoms with Gasteiger partial charge in [0.05, 0.1) is 19.9 Å². The molecule has 5 nitrogen and oxygen atoms in total. The molecular weight excluding hydrogens is 206 g/mol. The van der Waals surface area contributed by atoms with Crippen molar-refractivity contribution in [3.8, 4) is 11.9 Å². The molecule has 0 bridgehead atoms. The third-order valence-corrected chi connectivity index (χ3v) is 3.05. The first-order chi connectivity index (χ1) is 7.80. The first-order valence-electron chi connectivity index (χ1n) is 5.49. The maximum Gasteiger partial charge on any atom is 0.319 e. The first kappa shape index (κ1) is 11.1. The smallest absolute Gasteiger partial charge is 0.319 e. The molecule has 88 valence electrons. The Hall–Kier alpha value is -1.36. The summed E-state index contributed by atoms with van der Waals surface area (Å²) in [6, 6.07) is 0.357. The summed E-state index contributed by atoms with van der Waals surface area (Å²) in [7, 11) is 3.15. The van der Waals surface area contributed by atoms with E-state index in [9.17, 15) is 0 Å². The summed E-state index contributed by atoms with van der Waals surface area (Å²) in [6.45, 7) is 0.402. The van der Waals surface area contributed by atoms with Crippen LogP contribution in [-0.2, 0) is 6.54 Å². The summed E-state index contributed by atoms with van der Waals surface area (Å²) in [5, 5.41) is 0. The first-order valence-corrected chi connectivity index (χ1v) is 5.49. The van der Waals surface area contributed by atoms with Crippen molar-refractivity contribution in [2.24, 2.45) is 5.73 Å². The SMILES string of the molecule is COc1nc(OC)c(CN)c(C2CCC2)n1. The second-order valence-electron chi connectivity index (χ2n) is 3.92. The van der Waals surface area contributed by atoms with Gasteiger partial charge < -0.3 is 15.2 Å². The van der Waals surface area contributed by atoms with E-state index in [-0.39, 0.29) is 0 Å². The predicted molar refractivity (Wildman–Crippen MR) is 59.6 cm³/mol. The number of ether oxygens (including phenoxy) is 2.